The van der Waals surface area contributed by atoms with E-state index in [0.717, 1.165) is 11.3 Å². The number of benzene rings is 3. The number of aliphatic hydroxyl groups is 1. The van der Waals surface area contributed by atoms with Crippen LogP contribution in [0, 0.1) is 0 Å². The van der Waals surface area contributed by atoms with E-state index in [1.54, 1.807) is 11.8 Å². The molecule has 0 aliphatic heterocycles. The Labute approximate surface area is 189 Å². The number of aliphatic hydroxyl groups excluding tert-OH is 1. The molecule has 4 nitrogen and oxygen atoms in total. The average molecular weight is 438 g/mol. The summed E-state index contributed by atoms with van der Waals surface area (Å²) < 4.78 is 5.41. The second kappa shape index (κ2) is 10.7. The van der Waals surface area contributed by atoms with Gasteiger partial charge >= 0.3 is 6.09 Å². The van der Waals surface area contributed by atoms with Crippen LogP contribution in [0.5, 0.6) is 0 Å². The van der Waals surface area contributed by atoms with Crippen molar-refractivity contribution < 1.29 is 14.6 Å². The van der Waals surface area contributed by atoms with Crippen molar-refractivity contribution >= 4 is 28.6 Å². The highest BCUT2D eigenvalue weighted by Crippen LogP contribution is 2.25. The number of alkyl carbamates (subject to hydrolysis) is 1. The first-order valence-electron chi connectivity index (χ1n) is 10.6. The largest absolute Gasteiger partial charge is 0.444 e. The molecule has 0 radical (unpaired) electrons. The first-order chi connectivity index (χ1) is 14.8. The first-order valence-corrected chi connectivity index (χ1v) is 11.6. The molecule has 3 aromatic rings. The van der Waals surface area contributed by atoms with Crippen molar-refractivity contribution in [2.75, 3.05) is 5.75 Å². The zero-order valence-corrected chi connectivity index (χ0v) is 19.2. The summed E-state index contributed by atoms with van der Waals surface area (Å²) in [7, 11) is 0. The molecular weight excluding hydrogens is 406 g/mol. The molecule has 1 amide bonds. The molecule has 3 aromatic carbocycles. The minimum atomic E-state index is -0.701. The van der Waals surface area contributed by atoms with Crippen LogP contribution in [-0.2, 0) is 11.2 Å². The zero-order valence-electron chi connectivity index (χ0n) is 18.4. The van der Waals surface area contributed by atoms with Crippen molar-refractivity contribution in [3.63, 3.8) is 0 Å². The molecule has 164 valence electrons. The van der Waals surface area contributed by atoms with Crippen LogP contribution >= 0.6 is 11.8 Å². The summed E-state index contributed by atoms with van der Waals surface area (Å²) in [6.45, 7) is 5.49. The van der Waals surface area contributed by atoms with Crippen LogP contribution < -0.4 is 5.32 Å². The van der Waals surface area contributed by atoms with Gasteiger partial charge in [0.15, 0.2) is 0 Å². The van der Waals surface area contributed by atoms with Crippen LogP contribution in [0.15, 0.2) is 77.7 Å². The SMILES string of the molecule is CC(C)(C)OC(=O)N[C@@H](CCc1ccccc1)[C@H](O)CSc1ccc2ccccc2c1. The molecule has 0 heterocycles. The number of amides is 1. The Morgan fingerprint density at radius 3 is 2.39 bits per heavy atom. The molecule has 3 rings (SSSR count). The predicted molar refractivity (Wildman–Crippen MR) is 129 cm³/mol. The normalized spacial score (nSPS) is 13.5. The summed E-state index contributed by atoms with van der Waals surface area (Å²) in [4.78, 5) is 13.4. The van der Waals surface area contributed by atoms with Crippen LogP contribution in [0.25, 0.3) is 10.8 Å². The quantitative estimate of drug-likeness (QED) is 0.436. The lowest BCUT2D eigenvalue weighted by Crippen LogP contribution is -2.46. The summed E-state index contributed by atoms with van der Waals surface area (Å²) in [6, 6.07) is 24.2. The van der Waals surface area contributed by atoms with Gasteiger partial charge in [-0.15, -0.1) is 11.8 Å². The van der Waals surface area contributed by atoms with Gasteiger partial charge in [-0.3, -0.25) is 0 Å². The van der Waals surface area contributed by atoms with Gasteiger partial charge in [0.25, 0.3) is 0 Å². The summed E-state index contributed by atoms with van der Waals surface area (Å²) in [5.74, 6) is 0.480. The van der Waals surface area contributed by atoms with Gasteiger partial charge in [0, 0.05) is 10.6 Å². The smallest absolute Gasteiger partial charge is 0.407 e. The van der Waals surface area contributed by atoms with Crippen LogP contribution in [0.3, 0.4) is 0 Å². The van der Waals surface area contributed by atoms with Gasteiger partial charge in [-0.05, 0) is 62.1 Å². The number of carbonyl (C=O) groups excluding carboxylic acids is 1. The number of rotatable bonds is 8. The molecule has 5 heteroatoms. The third-order valence-electron chi connectivity index (χ3n) is 4.90. The molecule has 0 aliphatic rings. The van der Waals surface area contributed by atoms with E-state index >= 15 is 0 Å². The lowest BCUT2D eigenvalue weighted by atomic mass is 10.0. The molecule has 0 spiro atoms. The molecule has 0 saturated carbocycles. The van der Waals surface area contributed by atoms with Crippen molar-refractivity contribution in [2.45, 2.75) is 56.3 Å². The highest BCUT2D eigenvalue weighted by molar-refractivity contribution is 7.99. The Balaban J connectivity index is 1.64. The number of fused-ring (bicyclic) bond motifs is 1. The fourth-order valence-electron chi connectivity index (χ4n) is 3.34. The highest BCUT2D eigenvalue weighted by Gasteiger charge is 2.24. The predicted octanol–water partition coefficient (Wildman–Crippen LogP) is 5.82. The molecule has 0 bridgehead atoms. The Bertz CT molecular complexity index is 985. The molecule has 0 fully saturated rings. The number of ether oxygens (including phenoxy) is 1. The Hall–Kier alpha value is -2.50. The lowest BCUT2D eigenvalue weighted by molar-refractivity contribution is 0.0435. The van der Waals surface area contributed by atoms with E-state index in [2.05, 4.69) is 47.8 Å². The lowest BCUT2D eigenvalue weighted by Gasteiger charge is -2.26. The van der Waals surface area contributed by atoms with Crippen molar-refractivity contribution in [3.05, 3.63) is 78.4 Å². The summed E-state index contributed by atoms with van der Waals surface area (Å²) >= 11 is 1.59. The average Bonchev–Trinajstić information content (AvgIpc) is 2.74. The maximum Gasteiger partial charge on any atom is 0.407 e. The fourth-order valence-corrected chi connectivity index (χ4v) is 4.31. The number of thioether (sulfide) groups is 1. The number of carbonyl (C=O) groups is 1. The van der Waals surface area contributed by atoms with Gasteiger partial charge in [0.2, 0.25) is 0 Å². The summed E-state index contributed by atoms with van der Waals surface area (Å²) in [6.07, 6.45) is 0.190. The van der Waals surface area contributed by atoms with E-state index in [1.165, 1.54) is 16.3 Å². The van der Waals surface area contributed by atoms with E-state index in [-0.39, 0.29) is 0 Å². The van der Waals surface area contributed by atoms with Gasteiger partial charge < -0.3 is 15.2 Å². The van der Waals surface area contributed by atoms with Crippen molar-refractivity contribution in [1.82, 2.24) is 5.32 Å². The molecule has 2 atom stereocenters. The Morgan fingerprint density at radius 1 is 1.00 bits per heavy atom. The summed E-state index contributed by atoms with van der Waals surface area (Å²) in [5.41, 5.74) is 0.589. The van der Waals surface area contributed by atoms with E-state index in [9.17, 15) is 9.90 Å². The van der Waals surface area contributed by atoms with E-state index in [1.807, 2.05) is 51.1 Å². The summed E-state index contributed by atoms with van der Waals surface area (Å²) in [5, 5.41) is 16.2. The fraction of sp³-hybridized carbons (Fsp3) is 0.346. The molecular formula is C26H31NO3S. The van der Waals surface area contributed by atoms with Gasteiger partial charge in [-0.1, -0.05) is 60.7 Å². The monoisotopic (exact) mass is 437 g/mol. The van der Waals surface area contributed by atoms with Crippen LogP contribution in [0.2, 0.25) is 0 Å². The van der Waals surface area contributed by atoms with E-state index in [4.69, 9.17) is 4.74 Å². The number of nitrogens with one attached hydrogen (secondary N) is 1. The maximum atomic E-state index is 12.4. The minimum Gasteiger partial charge on any atom is -0.444 e. The van der Waals surface area contributed by atoms with Crippen LogP contribution in [0.4, 0.5) is 4.79 Å². The topological polar surface area (TPSA) is 58.6 Å². The third kappa shape index (κ3) is 7.60. The minimum absolute atomic E-state index is 0.400. The Kier molecular flexibility index (Phi) is 7.99. The second-order valence-corrected chi connectivity index (χ2v) is 9.76. The maximum absolute atomic E-state index is 12.4. The van der Waals surface area contributed by atoms with Crippen molar-refractivity contribution in [1.29, 1.82) is 0 Å². The van der Waals surface area contributed by atoms with Gasteiger partial charge in [0.05, 0.1) is 12.1 Å². The Morgan fingerprint density at radius 2 is 1.68 bits per heavy atom. The molecule has 31 heavy (non-hydrogen) atoms. The number of hydrogen-bond donors (Lipinski definition) is 2. The molecule has 2 N–H and O–H groups in total. The molecule has 0 aliphatic carbocycles. The third-order valence-corrected chi connectivity index (χ3v) is 5.99. The number of hydrogen-bond acceptors (Lipinski definition) is 4. The van der Waals surface area contributed by atoms with E-state index < -0.39 is 23.8 Å². The molecule has 0 unspecified atom stereocenters. The van der Waals surface area contributed by atoms with Gasteiger partial charge in [-0.25, -0.2) is 4.79 Å². The van der Waals surface area contributed by atoms with Crippen LogP contribution in [-0.4, -0.2) is 34.7 Å². The molecule has 0 aromatic heterocycles. The number of aryl methyl sites for hydroxylation is 1. The van der Waals surface area contributed by atoms with Crippen molar-refractivity contribution in [2.24, 2.45) is 0 Å². The highest BCUT2D eigenvalue weighted by atomic mass is 32.2. The van der Waals surface area contributed by atoms with Gasteiger partial charge in [0.1, 0.15) is 5.60 Å². The van der Waals surface area contributed by atoms with E-state index in [0.29, 0.717) is 12.2 Å². The standard InChI is InChI=1S/C26H31NO3S/c1-26(2,3)30-25(29)27-23(16-13-19-9-5-4-6-10-19)24(28)18-31-22-15-14-20-11-7-8-12-21(20)17-22/h4-12,14-15,17,23-24,28H,13,16,18H2,1-3H3,(H,27,29)/t23-,24+/m0/s1. The second-order valence-electron chi connectivity index (χ2n) is 8.66. The van der Waals surface area contributed by atoms with Crippen molar-refractivity contribution in [3.8, 4) is 0 Å². The zero-order chi connectivity index (χ0) is 22.3. The first kappa shape index (κ1) is 23.2. The molecule has 0 saturated heterocycles. The van der Waals surface area contributed by atoms with Crippen LogP contribution in [0.1, 0.15) is 32.8 Å². The van der Waals surface area contributed by atoms with Gasteiger partial charge in [-0.2, -0.15) is 0 Å².